The summed E-state index contributed by atoms with van der Waals surface area (Å²) in [6, 6.07) is 17.9. The van der Waals surface area contributed by atoms with Gasteiger partial charge in [0.25, 0.3) is 10.0 Å². The van der Waals surface area contributed by atoms with E-state index in [9.17, 15) is 29.0 Å². The van der Waals surface area contributed by atoms with Gasteiger partial charge >= 0.3 is 0 Å². The lowest BCUT2D eigenvalue weighted by atomic mass is 10.0. The highest BCUT2D eigenvalue weighted by atomic mass is 32.2. The molecule has 10 nitrogen and oxygen atoms in total. The average molecular weight is 555 g/mol. The molecule has 0 spiro atoms. The maximum Gasteiger partial charge on any atom is 0.250 e. The third-order valence-electron chi connectivity index (χ3n) is 7.17. The van der Waals surface area contributed by atoms with Gasteiger partial charge in [-0.05, 0) is 66.6 Å². The highest BCUT2D eigenvalue weighted by Crippen LogP contribution is 2.29. The zero-order valence-corrected chi connectivity index (χ0v) is 23.0. The van der Waals surface area contributed by atoms with E-state index >= 15 is 0 Å². The minimum atomic E-state index is -4.24. The van der Waals surface area contributed by atoms with Crippen molar-refractivity contribution in [3.05, 3.63) is 59.1 Å². The van der Waals surface area contributed by atoms with Gasteiger partial charge in [-0.15, -0.1) is 0 Å². The second-order valence-corrected chi connectivity index (χ2v) is 11.2. The molecule has 1 saturated heterocycles. The summed E-state index contributed by atoms with van der Waals surface area (Å²) in [5.74, 6) is 0. The monoisotopic (exact) mass is 554 g/mol. The van der Waals surface area contributed by atoms with Crippen LogP contribution in [-0.2, 0) is 21.8 Å². The Bertz CT molecular complexity index is 1510. The summed E-state index contributed by atoms with van der Waals surface area (Å²) in [5.41, 5.74) is 3.48. The molecule has 1 aromatic heterocycles. The molecule has 3 aromatic rings. The lowest BCUT2D eigenvalue weighted by Gasteiger charge is -2.35. The Morgan fingerprint density at radius 3 is 2.49 bits per heavy atom. The van der Waals surface area contributed by atoms with Gasteiger partial charge in [0.15, 0.2) is 4.91 Å². The van der Waals surface area contributed by atoms with Crippen molar-refractivity contribution in [1.29, 1.82) is 5.26 Å². The SMILES string of the molecule is CCN(CC)c1ccc2cc(-c3ccc(/C=C(\C#N)S(=O)(=O)NC[C@H]4OC[C@H](O)[C@@H](O)[C@@H]4O)n3C)ccc2c1. The summed E-state index contributed by atoms with van der Waals surface area (Å²) in [7, 11) is -2.45. The van der Waals surface area contributed by atoms with Crippen molar-refractivity contribution >= 4 is 32.6 Å². The van der Waals surface area contributed by atoms with Crippen LogP contribution < -0.4 is 9.62 Å². The number of anilines is 1. The van der Waals surface area contributed by atoms with Gasteiger partial charge in [-0.2, -0.15) is 5.26 Å². The fourth-order valence-electron chi connectivity index (χ4n) is 4.76. The number of allylic oxidation sites excluding steroid dienone is 1. The van der Waals surface area contributed by atoms with E-state index in [0.717, 1.165) is 35.1 Å². The van der Waals surface area contributed by atoms with Gasteiger partial charge in [0, 0.05) is 43.8 Å². The Labute approximate surface area is 228 Å². The number of benzene rings is 2. The number of fused-ring (bicyclic) bond motifs is 1. The second-order valence-electron chi connectivity index (χ2n) is 9.51. The van der Waals surface area contributed by atoms with E-state index < -0.39 is 39.3 Å². The van der Waals surface area contributed by atoms with Crippen molar-refractivity contribution in [2.75, 3.05) is 31.1 Å². The Balaban J connectivity index is 1.55. The molecule has 1 fully saturated rings. The van der Waals surface area contributed by atoms with Crippen LogP contribution in [0, 0.1) is 11.3 Å². The molecule has 39 heavy (non-hydrogen) atoms. The van der Waals surface area contributed by atoms with Gasteiger partial charge in [-0.3, -0.25) is 0 Å². The third-order valence-corrected chi connectivity index (χ3v) is 8.50. The molecule has 0 unspecified atom stereocenters. The van der Waals surface area contributed by atoms with Crippen molar-refractivity contribution in [3.63, 3.8) is 0 Å². The van der Waals surface area contributed by atoms with Crippen LogP contribution in [0.1, 0.15) is 19.5 Å². The van der Waals surface area contributed by atoms with Crippen LogP contribution in [0.3, 0.4) is 0 Å². The molecule has 1 aliphatic rings. The van der Waals surface area contributed by atoms with E-state index in [2.05, 4.69) is 53.8 Å². The number of sulfonamides is 1. The average Bonchev–Trinajstić information content (AvgIpc) is 3.29. The largest absolute Gasteiger partial charge is 0.388 e. The Kier molecular flexibility index (Phi) is 8.76. The molecule has 0 saturated carbocycles. The Hall–Kier alpha value is -3.24. The molecule has 0 radical (unpaired) electrons. The quantitative estimate of drug-likeness (QED) is 0.294. The Morgan fingerprint density at radius 1 is 1.10 bits per heavy atom. The van der Waals surface area contributed by atoms with Gasteiger partial charge < -0.3 is 29.5 Å². The number of aliphatic hydroxyl groups is 3. The summed E-state index contributed by atoms with van der Waals surface area (Å²) in [5, 5.41) is 41.2. The van der Waals surface area contributed by atoms with Gasteiger partial charge in [-0.25, -0.2) is 13.1 Å². The van der Waals surface area contributed by atoms with Crippen molar-refractivity contribution in [1.82, 2.24) is 9.29 Å². The summed E-state index contributed by atoms with van der Waals surface area (Å²) in [6.45, 7) is 5.49. The first-order chi connectivity index (χ1) is 18.6. The normalized spacial score (nSPS) is 22.1. The van der Waals surface area contributed by atoms with E-state index in [1.54, 1.807) is 19.2 Å². The van der Waals surface area contributed by atoms with Crippen LogP contribution in [0.25, 0.3) is 28.1 Å². The predicted octanol–water partition coefficient (Wildman–Crippen LogP) is 1.96. The zero-order chi connectivity index (χ0) is 28.3. The first kappa shape index (κ1) is 28.8. The highest BCUT2D eigenvalue weighted by Gasteiger charge is 2.38. The predicted molar refractivity (Wildman–Crippen MR) is 150 cm³/mol. The molecular weight excluding hydrogens is 520 g/mol. The molecule has 2 aromatic carbocycles. The topological polar surface area (TPSA) is 148 Å². The first-order valence-electron chi connectivity index (χ1n) is 12.8. The van der Waals surface area contributed by atoms with E-state index in [-0.39, 0.29) is 13.2 Å². The second kappa shape index (κ2) is 11.9. The van der Waals surface area contributed by atoms with Crippen molar-refractivity contribution in [3.8, 4) is 17.3 Å². The van der Waals surface area contributed by atoms with Gasteiger partial charge in [-0.1, -0.05) is 18.2 Å². The first-order valence-corrected chi connectivity index (χ1v) is 14.3. The van der Waals surface area contributed by atoms with Crippen LogP contribution in [0.15, 0.2) is 53.4 Å². The lowest BCUT2D eigenvalue weighted by Crippen LogP contribution is -2.56. The van der Waals surface area contributed by atoms with Gasteiger partial charge in [0.1, 0.15) is 24.4 Å². The van der Waals surface area contributed by atoms with E-state index in [1.165, 1.54) is 11.8 Å². The van der Waals surface area contributed by atoms with Crippen molar-refractivity contribution in [2.24, 2.45) is 7.05 Å². The molecule has 208 valence electrons. The fraction of sp³-hybridized carbons (Fsp3) is 0.393. The minimum Gasteiger partial charge on any atom is -0.388 e. The molecule has 11 heteroatoms. The van der Waals surface area contributed by atoms with Crippen LogP contribution in [0.5, 0.6) is 0 Å². The number of hydrogen-bond donors (Lipinski definition) is 4. The maximum atomic E-state index is 12.9. The molecule has 2 heterocycles. The van der Waals surface area contributed by atoms with Crippen LogP contribution in [-0.4, -0.2) is 79.0 Å². The summed E-state index contributed by atoms with van der Waals surface area (Å²) in [4.78, 5) is 1.78. The molecule has 1 aliphatic heterocycles. The lowest BCUT2D eigenvalue weighted by molar-refractivity contribution is -0.184. The van der Waals surface area contributed by atoms with E-state index in [1.807, 2.05) is 16.7 Å². The summed E-state index contributed by atoms with van der Waals surface area (Å²) < 4.78 is 35.0. The number of ether oxygens (including phenoxy) is 1. The highest BCUT2D eigenvalue weighted by molar-refractivity contribution is 7.93. The van der Waals surface area contributed by atoms with Crippen LogP contribution in [0.4, 0.5) is 5.69 Å². The van der Waals surface area contributed by atoms with Crippen LogP contribution in [0.2, 0.25) is 0 Å². The number of nitrogens with zero attached hydrogens (tertiary/aromatic N) is 3. The third kappa shape index (κ3) is 6.01. The summed E-state index contributed by atoms with van der Waals surface area (Å²) in [6.07, 6.45) is -4.00. The molecule has 4 rings (SSSR count). The number of nitrogens with one attached hydrogen (secondary N) is 1. The molecule has 0 amide bonds. The van der Waals surface area contributed by atoms with Crippen molar-refractivity contribution in [2.45, 2.75) is 38.3 Å². The van der Waals surface area contributed by atoms with Gasteiger partial charge in [0.2, 0.25) is 0 Å². The smallest absolute Gasteiger partial charge is 0.250 e. The standard InChI is InChI=1S/C28H34N4O6S/c1-4-32(5-2)22-9-8-18-12-20(7-6-19(18)13-22)24-11-10-21(31(24)3)14-23(15-29)39(36,37)30-16-26-28(35)27(34)25(33)17-38-26/h6-14,25-28,30,33-35H,4-5,16-17H2,1-3H3/b23-14+/t25-,26+,27+,28+/m0/s1. The fourth-order valence-corrected chi connectivity index (χ4v) is 5.70. The Morgan fingerprint density at radius 2 is 1.79 bits per heavy atom. The molecule has 0 aliphatic carbocycles. The van der Waals surface area contributed by atoms with Crippen molar-refractivity contribution < 1.29 is 28.5 Å². The van der Waals surface area contributed by atoms with Crippen LogP contribution >= 0.6 is 0 Å². The number of nitriles is 1. The number of hydrogen-bond acceptors (Lipinski definition) is 8. The summed E-state index contributed by atoms with van der Waals surface area (Å²) >= 11 is 0. The number of aliphatic hydroxyl groups excluding tert-OH is 3. The molecular formula is C28H34N4O6S. The molecule has 4 N–H and O–H groups in total. The maximum absolute atomic E-state index is 12.9. The number of aromatic nitrogens is 1. The molecule has 0 bridgehead atoms. The van der Waals surface area contributed by atoms with Gasteiger partial charge in [0.05, 0.1) is 12.7 Å². The number of rotatable bonds is 9. The van der Waals surface area contributed by atoms with E-state index in [0.29, 0.717) is 5.69 Å². The van der Waals surface area contributed by atoms with E-state index in [4.69, 9.17) is 4.74 Å². The minimum absolute atomic E-state index is 0.246. The molecule has 4 atom stereocenters. The zero-order valence-electron chi connectivity index (χ0n) is 22.2.